The monoisotopic (exact) mass is 581 g/mol. The Bertz CT molecular complexity index is 1040. The Morgan fingerprint density at radius 2 is 1.88 bits per heavy atom. The van der Waals surface area contributed by atoms with Crippen molar-refractivity contribution in [2.24, 2.45) is 17.8 Å². The van der Waals surface area contributed by atoms with Crippen LogP contribution in [0.15, 0.2) is 18.7 Å². The SMILES string of the molecule is CC(C)CCN(C[C@@H](O)[C@H](CC1CCCCC1)NC(=O)C1CCCS(=O)(=O)C1)C(=O)NC(C)(C)Cn1ccnc1. The Hall–Kier alpha value is -2.14. The van der Waals surface area contributed by atoms with Gasteiger partial charge in [-0.15, -0.1) is 0 Å². The van der Waals surface area contributed by atoms with Gasteiger partial charge in [0.25, 0.3) is 0 Å². The van der Waals surface area contributed by atoms with Gasteiger partial charge < -0.3 is 25.2 Å². The zero-order valence-corrected chi connectivity index (χ0v) is 25.7. The number of carbonyl (C=O) groups is 2. The van der Waals surface area contributed by atoms with Gasteiger partial charge in [-0.3, -0.25) is 4.79 Å². The zero-order valence-electron chi connectivity index (χ0n) is 24.8. The van der Waals surface area contributed by atoms with E-state index in [0.29, 0.717) is 44.2 Å². The lowest BCUT2D eigenvalue weighted by Gasteiger charge is -2.36. The summed E-state index contributed by atoms with van der Waals surface area (Å²) in [5.74, 6) is -0.151. The Kier molecular flexibility index (Phi) is 11.9. The van der Waals surface area contributed by atoms with Gasteiger partial charge in [-0.2, -0.15) is 0 Å². The zero-order chi connectivity index (χ0) is 29.3. The van der Waals surface area contributed by atoms with Gasteiger partial charge in [0, 0.05) is 25.5 Å². The number of hydrogen-bond acceptors (Lipinski definition) is 6. The number of imidazole rings is 1. The molecule has 3 N–H and O–H groups in total. The maximum Gasteiger partial charge on any atom is 0.317 e. The maximum atomic E-state index is 13.5. The quantitative estimate of drug-likeness (QED) is 0.327. The predicted molar refractivity (Wildman–Crippen MR) is 156 cm³/mol. The van der Waals surface area contributed by atoms with E-state index in [4.69, 9.17) is 0 Å². The van der Waals surface area contributed by atoms with Crippen molar-refractivity contribution < 1.29 is 23.1 Å². The van der Waals surface area contributed by atoms with Crippen LogP contribution in [0.3, 0.4) is 0 Å². The molecular weight excluding hydrogens is 530 g/mol. The lowest BCUT2D eigenvalue weighted by Crippen LogP contribution is -2.56. The number of sulfone groups is 1. The molecule has 3 atom stereocenters. The number of aliphatic hydroxyl groups is 1. The molecule has 0 spiro atoms. The summed E-state index contributed by atoms with van der Waals surface area (Å²) in [6.07, 6.45) is 12.3. The molecule has 1 saturated heterocycles. The highest BCUT2D eigenvalue weighted by Crippen LogP contribution is 2.29. The highest BCUT2D eigenvalue weighted by molar-refractivity contribution is 7.91. The first-order valence-corrected chi connectivity index (χ1v) is 16.9. The van der Waals surface area contributed by atoms with E-state index in [1.165, 1.54) is 6.42 Å². The van der Waals surface area contributed by atoms with Gasteiger partial charge in [0.2, 0.25) is 5.91 Å². The second-order valence-electron chi connectivity index (χ2n) is 13.1. The Balaban J connectivity index is 1.72. The molecular formula is C29H51N5O5S. The fourth-order valence-corrected chi connectivity index (χ4v) is 7.62. The molecule has 1 aliphatic heterocycles. The largest absolute Gasteiger partial charge is 0.389 e. The van der Waals surface area contributed by atoms with Crippen LogP contribution in [-0.2, 0) is 21.2 Å². The van der Waals surface area contributed by atoms with Crippen LogP contribution in [0, 0.1) is 17.8 Å². The van der Waals surface area contributed by atoms with Crippen molar-refractivity contribution in [1.82, 2.24) is 25.1 Å². The van der Waals surface area contributed by atoms with Gasteiger partial charge in [0.15, 0.2) is 9.84 Å². The molecule has 2 heterocycles. The van der Waals surface area contributed by atoms with E-state index in [0.717, 1.165) is 32.1 Å². The highest BCUT2D eigenvalue weighted by Gasteiger charge is 2.35. The van der Waals surface area contributed by atoms with Gasteiger partial charge in [-0.05, 0) is 51.4 Å². The van der Waals surface area contributed by atoms with Crippen LogP contribution >= 0.6 is 0 Å². The minimum absolute atomic E-state index is 0.0837. The van der Waals surface area contributed by atoms with Crippen LogP contribution < -0.4 is 10.6 Å². The van der Waals surface area contributed by atoms with Gasteiger partial charge in [0.1, 0.15) is 0 Å². The fraction of sp³-hybridized carbons (Fsp3) is 0.828. The lowest BCUT2D eigenvalue weighted by molar-refractivity contribution is -0.126. The molecule has 1 saturated carbocycles. The number of carbonyl (C=O) groups excluding carboxylic acids is 2. The molecule has 0 bridgehead atoms. The van der Waals surface area contributed by atoms with Crippen LogP contribution in [-0.4, -0.2) is 82.2 Å². The first kappa shape index (κ1) is 32.4. The van der Waals surface area contributed by atoms with Crippen molar-refractivity contribution in [3.05, 3.63) is 18.7 Å². The molecule has 1 aromatic rings. The molecule has 10 nitrogen and oxygen atoms in total. The molecule has 0 radical (unpaired) electrons. The molecule has 228 valence electrons. The number of nitrogens with zero attached hydrogens (tertiary/aromatic N) is 3. The molecule has 0 aromatic carbocycles. The first-order valence-electron chi connectivity index (χ1n) is 15.1. The molecule has 2 fully saturated rings. The van der Waals surface area contributed by atoms with Crippen molar-refractivity contribution in [2.45, 2.75) is 110 Å². The van der Waals surface area contributed by atoms with Gasteiger partial charge >= 0.3 is 6.03 Å². The molecule has 2 aliphatic rings. The molecule has 1 unspecified atom stereocenters. The van der Waals surface area contributed by atoms with Crippen molar-refractivity contribution in [3.8, 4) is 0 Å². The Morgan fingerprint density at radius 3 is 2.50 bits per heavy atom. The summed E-state index contributed by atoms with van der Waals surface area (Å²) >= 11 is 0. The average Bonchev–Trinajstić information content (AvgIpc) is 3.37. The fourth-order valence-electron chi connectivity index (χ4n) is 5.91. The third kappa shape index (κ3) is 10.7. The number of urea groups is 1. The standard InChI is InChI=1S/C29H51N5O5S/c1-22(2)12-14-34(28(37)32-29(3,4)20-33-15-13-30-21-33)18-26(35)25(17-23-9-6-5-7-10-23)31-27(36)24-11-8-16-40(38,39)19-24/h13,15,21-26,35H,5-12,14,16-20H2,1-4H3,(H,31,36)(H,32,37)/t24?,25-,26+/m0/s1. The summed E-state index contributed by atoms with van der Waals surface area (Å²) in [5.41, 5.74) is -0.555. The minimum Gasteiger partial charge on any atom is -0.389 e. The number of nitrogens with one attached hydrogen (secondary N) is 2. The van der Waals surface area contributed by atoms with E-state index in [2.05, 4.69) is 29.5 Å². The van der Waals surface area contributed by atoms with Crippen LogP contribution in [0.1, 0.15) is 85.5 Å². The predicted octanol–water partition coefficient (Wildman–Crippen LogP) is 3.36. The van der Waals surface area contributed by atoms with Crippen molar-refractivity contribution in [2.75, 3.05) is 24.6 Å². The summed E-state index contributed by atoms with van der Waals surface area (Å²) < 4.78 is 26.3. The second-order valence-corrected chi connectivity index (χ2v) is 15.3. The Morgan fingerprint density at radius 1 is 1.15 bits per heavy atom. The highest BCUT2D eigenvalue weighted by atomic mass is 32.2. The molecule has 3 amide bonds. The van der Waals surface area contributed by atoms with E-state index in [1.54, 1.807) is 17.4 Å². The maximum absolute atomic E-state index is 13.5. The molecule has 1 aliphatic carbocycles. The van der Waals surface area contributed by atoms with Gasteiger partial charge in [0.05, 0.1) is 48.0 Å². The van der Waals surface area contributed by atoms with Crippen LogP contribution in [0.2, 0.25) is 0 Å². The van der Waals surface area contributed by atoms with Crippen molar-refractivity contribution in [1.29, 1.82) is 0 Å². The van der Waals surface area contributed by atoms with Crippen molar-refractivity contribution >= 4 is 21.8 Å². The normalized spacial score (nSPS) is 21.5. The van der Waals surface area contributed by atoms with Crippen molar-refractivity contribution in [3.63, 3.8) is 0 Å². The van der Waals surface area contributed by atoms with E-state index >= 15 is 0 Å². The Labute approximate surface area is 240 Å². The van der Waals surface area contributed by atoms with Crippen LogP contribution in [0.25, 0.3) is 0 Å². The molecule has 1 aromatic heterocycles. The summed E-state index contributed by atoms with van der Waals surface area (Å²) in [7, 11) is -3.23. The smallest absolute Gasteiger partial charge is 0.317 e. The molecule has 3 rings (SSSR count). The second kappa shape index (κ2) is 14.7. The summed E-state index contributed by atoms with van der Waals surface area (Å²) in [5, 5.41) is 17.7. The number of amides is 3. The topological polar surface area (TPSA) is 134 Å². The van der Waals surface area contributed by atoms with E-state index in [-0.39, 0.29) is 30.0 Å². The van der Waals surface area contributed by atoms with E-state index in [9.17, 15) is 23.1 Å². The van der Waals surface area contributed by atoms with Gasteiger partial charge in [-0.1, -0.05) is 46.0 Å². The summed E-state index contributed by atoms with van der Waals surface area (Å²) in [6, 6.07) is -0.806. The molecule has 11 heteroatoms. The molecule has 40 heavy (non-hydrogen) atoms. The van der Waals surface area contributed by atoms with Crippen LogP contribution in [0.4, 0.5) is 4.79 Å². The minimum atomic E-state index is -3.23. The number of aliphatic hydroxyl groups excluding tert-OH is 1. The van der Waals surface area contributed by atoms with E-state index < -0.39 is 33.4 Å². The summed E-state index contributed by atoms with van der Waals surface area (Å²) in [6.45, 7) is 9.20. The third-order valence-corrected chi connectivity index (χ3v) is 10.0. The number of aromatic nitrogens is 2. The van der Waals surface area contributed by atoms with E-state index in [1.807, 2.05) is 24.6 Å². The number of rotatable bonds is 13. The number of hydrogen-bond donors (Lipinski definition) is 3. The lowest BCUT2D eigenvalue weighted by atomic mass is 9.83. The van der Waals surface area contributed by atoms with Crippen LogP contribution in [0.5, 0.6) is 0 Å². The first-order chi connectivity index (χ1) is 18.8. The summed E-state index contributed by atoms with van der Waals surface area (Å²) in [4.78, 5) is 32.5. The third-order valence-electron chi connectivity index (χ3n) is 8.19. The average molecular weight is 582 g/mol. The van der Waals surface area contributed by atoms with Gasteiger partial charge in [-0.25, -0.2) is 18.2 Å².